The van der Waals surface area contributed by atoms with Gasteiger partial charge in [-0.3, -0.25) is 18.6 Å². The van der Waals surface area contributed by atoms with E-state index in [-0.39, 0.29) is 32.0 Å². The largest absolute Gasteiger partial charge is 0.472 e. The van der Waals surface area contributed by atoms with Gasteiger partial charge in [-0.2, -0.15) is 0 Å². The van der Waals surface area contributed by atoms with Crippen molar-refractivity contribution in [3.63, 3.8) is 0 Å². The number of likely N-dealkylation sites (N-methyl/N-ethyl adjacent to an activating group) is 1. The molecule has 0 radical (unpaired) electrons. The number of phosphoric ester groups is 1. The molecule has 0 spiro atoms. The van der Waals surface area contributed by atoms with Crippen LogP contribution in [-0.2, 0) is 32.7 Å². The summed E-state index contributed by atoms with van der Waals surface area (Å²) in [5, 5.41) is 0. The van der Waals surface area contributed by atoms with Crippen LogP contribution in [0.2, 0.25) is 0 Å². The lowest BCUT2D eigenvalue weighted by molar-refractivity contribution is -0.870. The maximum absolute atomic E-state index is 12.8. The number of hydrogen-bond acceptors (Lipinski definition) is 7. The molecule has 0 aromatic rings. The average molecular weight is 1160 g/mol. The molecule has 0 aliphatic carbocycles. The first kappa shape index (κ1) is 77.6. The Morgan fingerprint density at radius 2 is 0.659 bits per heavy atom. The van der Waals surface area contributed by atoms with Crippen molar-refractivity contribution in [2.75, 3.05) is 47.5 Å². The summed E-state index contributed by atoms with van der Waals surface area (Å²) < 4.78 is 34.6. The molecule has 0 fully saturated rings. The van der Waals surface area contributed by atoms with E-state index in [0.717, 1.165) is 141 Å². The predicted octanol–water partition coefficient (Wildman–Crippen LogP) is 20.8. The molecule has 82 heavy (non-hydrogen) atoms. The molecular weight excluding hydrogens is 1040 g/mol. The molecule has 0 heterocycles. The number of hydrogen-bond donors (Lipinski definition) is 1. The summed E-state index contributed by atoms with van der Waals surface area (Å²) in [6.07, 6.45) is 91.8. The zero-order chi connectivity index (χ0) is 59.8. The third-order valence-electron chi connectivity index (χ3n) is 13.1. The van der Waals surface area contributed by atoms with Gasteiger partial charge in [0.05, 0.1) is 27.7 Å². The molecule has 2 unspecified atom stereocenters. The third-order valence-corrected chi connectivity index (χ3v) is 14.0. The lowest BCUT2D eigenvalue weighted by Gasteiger charge is -2.24. The standard InChI is InChI=1S/C72H118NO8P/c1-6-8-10-12-14-16-18-20-22-24-26-28-30-32-34-35-36-37-39-40-42-44-46-48-50-52-54-56-58-60-62-64-71(74)78-68-70(69-80-82(76,77)79-67-66-73(3,4)5)81-72(75)65-63-61-59-57-55-53-51-49-47-45-43-41-38-33-31-29-27-25-23-21-19-17-15-13-11-9-7-2/h8-11,14-17,20-23,26-29,32-34,36-38,43,45,49,51,70H,6-7,12-13,18-19,24-25,30-31,35,39-42,44,46-48,50,52-69H2,1-5H3/p+1/b10-8-,11-9-,16-14-,17-15-,22-20-,23-21-,28-26-,29-27-,34-32-,37-36-,38-33-,45-43-,51-49-. The molecule has 1 N–H and O–H groups in total. The predicted molar refractivity (Wildman–Crippen MR) is 353 cm³/mol. The van der Waals surface area contributed by atoms with E-state index in [1.807, 2.05) is 21.1 Å². The maximum Gasteiger partial charge on any atom is 0.472 e. The van der Waals surface area contributed by atoms with E-state index in [0.29, 0.717) is 17.4 Å². The van der Waals surface area contributed by atoms with Crippen LogP contribution in [0.3, 0.4) is 0 Å². The molecule has 0 rings (SSSR count). The molecule has 0 aliphatic heterocycles. The van der Waals surface area contributed by atoms with Crippen LogP contribution in [0, 0.1) is 0 Å². The molecule has 9 nitrogen and oxygen atoms in total. The van der Waals surface area contributed by atoms with Gasteiger partial charge in [0.25, 0.3) is 0 Å². The van der Waals surface area contributed by atoms with Gasteiger partial charge in [-0.25, -0.2) is 4.57 Å². The molecule has 0 aromatic carbocycles. The second-order valence-corrected chi connectivity index (χ2v) is 23.5. The van der Waals surface area contributed by atoms with E-state index >= 15 is 0 Å². The van der Waals surface area contributed by atoms with Crippen LogP contribution in [0.5, 0.6) is 0 Å². The van der Waals surface area contributed by atoms with Gasteiger partial charge >= 0.3 is 19.8 Å². The summed E-state index contributed by atoms with van der Waals surface area (Å²) in [5.41, 5.74) is 0. The Balaban J connectivity index is 4.20. The molecular formula is C72H119NO8P+. The van der Waals surface area contributed by atoms with Crippen LogP contribution in [0.25, 0.3) is 0 Å². The zero-order valence-corrected chi connectivity index (χ0v) is 53.6. The Morgan fingerprint density at radius 3 is 0.976 bits per heavy atom. The maximum atomic E-state index is 12.8. The monoisotopic (exact) mass is 1160 g/mol. The topological polar surface area (TPSA) is 108 Å². The van der Waals surface area contributed by atoms with E-state index in [1.165, 1.54) is 57.8 Å². The number of esters is 2. The molecule has 2 atom stereocenters. The van der Waals surface area contributed by atoms with Gasteiger partial charge in [-0.05, 0) is 122 Å². The summed E-state index contributed by atoms with van der Waals surface area (Å²) >= 11 is 0. The van der Waals surface area contributed by atoms with Crippen molar-refractivity contribution in [3.8, 4) is 0 Å². The zero-order valence-electron chi connectivity index (χ0n) is 52.7. The van der Waals surface area contributed by atoms with Crippen molar-refractivity contribution in [2.24, 2.45) is 0 Å². The van der Waals surface area contributed by atoms with Gasteiger partial charge in [0.15, 0.2) is 6.10 Å². The van der Waals surface area contributed by atoms with Crippen LogP contribution in [0.4, 0.5) is 0 Å². The van der Waals surface area contributed by atoms with Gasteiger partial charge < -0.3 is 18.9 Å². The third kappa shape index (κ3) is 64.8. The number of nitrogens with zero attached hydrogens (tertiary/aromatic N) is 1. The van der Waals surface area contributed by atoms with Crippen molar-refractivity contribution >= 4 is 19.8 Å². The average Bonchev–Trinajstić information content (AvgIpc) is 3.46. The van der Waals surface area contributed by atoms with Crippen LogP contribution >= 0.6 is 7.82 Å². The van der Waals surface area contributed by atoms with Gasteiger partial charge in [-0.15, -0.1) is 0 Å². The Hall–Kier alpha value is -4.37. The molecule has 0 bridgehead atoms. The molecule has 0 saturated heterocycles. The second-order valence-electron chi connectivity index (χ2n) is 22.0. The fourth-order valence-corrected chi connectivity index (χ4v) is 8.92. The summed E-state index contributed by atoms with van der Waals surface area (Å²) in [7, 11) is 1.44. The highest BCUT2D eigenvalue weighted by Crippen LogP contribution is 2.43. The van der Waals surface area contributed by atoms with Gasteiger partial charge in [0, 0.05) is 12.8 Å². The van der Waals surface area contributed by atoms with E-state index < -0.39 is 26.5 Å². The fourth-order valence-electron chi connectivity index (χ4n) is 8.18. The van der Waals surface area contributed by atoms with Crippen molar-refractivity contribution in [1.29, 1.82) is 0 Å². The number of rotatable bonds is 57. The smallest absolute Gasteiger partial charge is 0.462 e. The highest BCUT2D eigenvalue weighted by Gasteiger charge is 2.27. The van der Waals surface area contributed by atoms with Gasteiger partial charge in [0.1, 0.15) is 19.8 Å². The first-order valence-corrected chi connectivity index (χ1v) is 33.7. The van der Waals surface area contributed by atoms with Crippen molar-refractivity contribution in [3.05, 3.63) is 158 Å². The molecule has 0 saturated carbocycles. The fraction of sp³-hybridized carbons (Fsp3) is 0.611. The normalized spacial score (nSPS) is 14.3. The first-order chi connectivity index (χ1) is 40.0. The minimum Gasteiger partial charge on any atom is -0.462 e. The Kier molecular flexibility index (Phi) is 57.9. The number of allylic oxidation sites excluding steroid dienone is 26. The molecule has 0 aliphatic rings. The SMILES string of the molecule is CC/C=C\C/C=C\C/C=C\C/C=C\C/C=C\C/C=C\C/C=C\CCCCCCCC(=O)OC(COC(=O)CCCCCCCCCCCCCC/C=C\C/C=C\C/C=C\C/C=C\C/C=C\C/C=C\CC)COP(=O)(O)OCC[N+](C)(C)C. The highest BCUT2D eigenvalue weighted by atomic mass is 31.2. The van der Waals surface area contributed by atoms with Crippen LogP contribution in [0.1, 0.15) is 232 Å². The molecule has 464 valence electrons. The van der Waals surface area contributed by atoms with Crippen LogP contribution in [-0.4, -0.2) is 74.9 Å². The molecule has 0 amide bonds. The van der Waals surface area contributed by atoms with E-state index in [1.54, 1.807) is 0 Å². The quantitative estimate of drug-likeness (QED) is 0.0211. The summed E-state index contributed by atoms with van der Waals surface area (Å²) in [6.45, 7) is 4.16. The van der Waals surface area contributed by atoms with Crippen molar-refractivity contribution < 1.29 is 42.1 Å². The van der Waals surface area contributed by atoms with E-state index in [2.05, 4.69) is 172 Å². The number of unbranched alkanes of at least 4 members (excludes halogenated alkanes) is 17. The van der Waals surface area contributed by atoms with E-state index in [9.17, 15) is 19.0 Å². The minimum atomic E-state index is -4.41. The number of phosphoric acid groups is 1. The lowest BCUT2D eigenvalue weighted by Crippen LogP contribution is -2.37. The van der Waals surface area contributed by atoms with E-state index in [4.69, 9.17) is 18.5 Å². The van der Waals surface area contributed by atoms with Crippen LogP contribution in [0.15, 0.2) is 158 Å². The van der Waals surface area contributed by atoms with Gasteiger partial charge in [0.2, 0.25) is 0 Å². The van der Waals surface area contributed by atoms with Gasteiger partial charge in [-0.1, -0.05) is 255 Å². The second kappa shape index (κ2) is 61.2. The minimum absolute atomic E-state index is 0.0185. The summed E-state index contributed by atoms with van der Waals surface area (Å²) in [6, 6.07) is 0. The number of quaternary nitrogens is 1. The number of carbonyl (C=O) groups is 2. The highest BCUT2D eigenvalue weighted by molar-refractivity contribution is 7.47. The Bertz CT molecular complexity index is 1940. The lowest BCUT2D eigenvalue weighted by atomic mass is 10.0. The van der Waals surface area contributed by atoms with Crippen LogP contribution < -0.4 is 0 Å². The van der Waals surface area contributed by atoms with Crippen molar-refractivity contribution in [1.82, 2.24) is 0 Å². The summed E-state index contributed by atoms with van der Waals surface area (Å²) in [4.78, 5) is 35.8. The Labute approximate surface area is 503 Å². The first-order valence-electron chi connectivity index (χ1n) is 32.2. The number of carbonyl (C=O) groups excluding carboxylic acids is 2. The number of ether oxygens (including phenoxy) is 2. The molecule has 0 aromatic heterocycles. The Morgan fingerprint density at radius 1 is 0.378 bits per heavy atom. The molecule has 10 heteroatoms. The van der Waals surface area contributed by atoms with Crippen molar-refractivity contribution in [2.45, 2.75) is 238 Å². The summed E-state index contributed by atoms with van der Waals surface area (Å²) in [5.74, 6) is -0.832.